The van der Waals surface area contributed by atoms with Crippen LogP contribution in [-0.2, 0) is 0 Å². The number of hydrogen-bond acceptors (Lipinski definition) is 2. The fraction of sp³-hybridized carbons (Fsp3) is 0.0769. The predicted octanol–water partition coefficient (Wildman–Crippen LogP) is 4.24. The minimum Gasteiger partial charge on any atom is -0.508 e. The maximum absolute atomic E-state index is 9.38. The van der Waals surface area contributed by atoms with Crippen molar-refractivity contribution in [2.24, 2.45) is 0 Å². The van der Waals surface area contributed by atoms with Gasteiger partial charge >= 0.3 is 0 Å². The molecule has 88 valence electrons. The average Bonchev–Trinajstić information content (AvgIpc) is 2.28. The number of benzene rings is 2. The molecule has 2 aromatic rings. The van der Waals surface area contributed by atoms with E-state index in [-0.39, 0.29) is 10.2 Å². The van der Waals surface area contributed by atoms with Gasteiger partial charge in [0.25, 0.3) is 0 Å². The van der Waals surface area contributed by atoms with Crippen molar-refractivity contribution in [2.75, 3.05) is 6.61 Å². The molecule has 2 nitrogen and oxygen atoms in total. The third-order valence-corrected chi connectivity index (χ3v) is 2.59. The van der Waals surface area contributed by atoms with Crippen molar-refractivity contribution < 1.29 is 9.84 Å². The molecule has 0 spiro atoms. The topological polar surface area (TPSA) is 29.5 Å². The Morgan fingerprint density at radius 1 is 1.12 bits per heavy atom. The first-order valence-corrected chi connectivity index (χ1v) is 5.77. The van der Waals surface area contributed by atoms with Gasteiger partial charge in [-0.3, -0.25) is 0 Å². The molecule has 0 bridgehead atoms. The van der Waals surface area contributed by atoms with E-state index in [0.717, 1.165) is 10.8 Å². The summed E-state index contributed by atoms with van der Waals surface area (Å²) >= 11 is 10.9. The van der Waals surface area contributed by atoms with Crippen LogP contribution in [0.15, 0.2) is 47.0 Å². The van der Waals surface area contributed by atoms with Crippen LogP contribution in [0.25, 0.3) is 10.8 Å². The fourth-order valence-electron chi connectivity index (χ4n) is 1.50. The van der Waals surface area contributed by atoms with E-state index in [2.05, 4.69) is 0 Å². The van der Waals surface area contributed by atoms with Crippen LogP contribution in [0.1, 0.15) is 0 Å². The van der Waals surface area contributed by atoms with Crippen molar-refractivity contribution in [1.82, 2.24) is 0 Å². The van der Waals surface area contributed by atoms with Crippen LogP contribution < -0.4 is 4.74 Å². The number of aromatic hydroxyl groups is 1. The monoisotopic (exact) mass is 268 g/mol. The minimum atomic E-state index is 0.184. The van der Waals surface area contributed by atoms with Gasteiger partial charge in [-0.25, -0.2) is 0 Å². The molecule has 4 heteroatoms. The van der Waals surface area contributed by atoms with Gasteiger partial charge in [0.2, 0.25) is 0 Å². The molecule has 0 amide bonds. The first-order chi connectivity index (χ1) is 8.15. The number of rotatable bonds is 3. The second-order valence-electron chi connectivity index (χ2n) is 3.50. The molecule has 0 aliphatic heterocycles. The summed E-state index contributed by atoms with van der Waals surface area (Å²) in [7, 11) is 0. The molecule has 0 atom stereocenters. The van der Waals surface area contributed by atoms with E-state index in [4.69, 9.17) is 27.9 Å². The molecule has 1 N–H and O–H groups in total. The summed E-state index contributed by atoms with van der Waals surface area (Å²) in [6.07, 6.45) is 1.57. The fourth-order valence-corrected chi connectivity index (χ4v) is 1.63. The van der Waals surface area contributed by atoms with Gasteiger partial charge in [0, 0.05) is 0 Å². The quantitative estimate of drug-likeness (QED) is 0.902. The van der Waals surface area contributed by atoms with Crippen molar-refractivity contribution >= 4 is 34.0 Å². The van der Waals surface area contributed by atoms with Crippen LogP contribution in [0.3, 0.4) is 0 Å². The van der Waals surface area contributed by atoms with Gasteiger partial charge in [-0.1, -0.05) is 35.3 Å². The number of phenolic OH excluding ortho intramolecular Hbond substituents is 1. The molecule has 0 heterocycles. The Bertz CT molecular complexity index is 560. The van der Waals surface area contributed by atoms with E-state index in [9.17, 15) is 5.11 Å². The first kappa shape index (κ1) is 12.1. The van der Waals surface area contributed by atoms with Crippen LogP contribution in [0, 0.1) is 0 Å². The SMILES string of the molecule is Oc1ccc2ccc(OCC=C(Cl)Cl)cc2c1. The van der Waals surface area contributed by atoms with Gasteiger partial charge in [-0.05, 0) is 41.1 Å². The van der Waals surface area contributed by atoms with Crippen LogP contribution >= 0.6 is 23.2 Å². The van der Waals surface area contributed by atoms with Gasteiger partial charge in [0.1, 0.15) is 22.6 Å². The molecule has 0 saturated heterocycles. The van der Waals surface area contributed by atoms with Gasteiger partial charge in [0.05, 0.1) is 0 Å². The maximum Gasteiger partial charge on any atom is 0.120 e. The van der Waals surface area contributed by atoms with Crippen molar-refractivity contribution in [3.63, 3.8) is 0 Å². The highest BCUT2D eigenvalue weighted by Gasteiger charge is 1.98. The van der Waals surface area contributed by atoms with Crippen molar-refractivity contribution in [3.05, 3.63) is 47.0 Å². The van der Waals surface area contributed by atoms with E-state index in [1.54, 1.807) is 18.2 Å². The number of fused-ring (bicyclic) bond motifs is 1. The Balaban J connectivity index is 2.22. The number of hydrogen-bond donors (Lipinski definition) is 1. The number of halogens is 2. The lowest BCUT2D eigenvalue weighted by molar-refractivity contribution is 0.363. The number of ether oxygens (including phenoxy) is 1. The lowest BCUT2D eigenvalue weighted by Crippen LogP contribution is -1.93. The third-order valence-electron chi connectivity index (χ3n) is 2.28. The molecular formula is C13H10Cl2O2. The van der Waals surface area contributed by atoms with E-state index < -0.39 is 0 Å². The van der Waals surface area contributed by atoms with Crippen LogP contribution in [0.4, 0.5) is 0 Å². The van der Waals surface area contributed by atoms with E-state index in [0.29, 0.717) is 12.4 Å². The lowest BCUT2D eigenvalue weighted by atomic mass is 10.1. The second-order valence-corrected chi connectivity index (χ2v) is 4.51. The molecule has 0 saturated carbocycles. The maximum atomic E-state index is 9.38. The lowest BCUT2D eigenvalue weighted by Gasteiger charge is -2.05. The Kier molecular flexibility index (Phi) is 3.77. The summed E-state index contributed by atoms with van der Waals surface area (Å²) in [5, 5.41) is 11.3. The smallest absolute Gasteiger partial charge is 0.120 e. The first-order valence-electron chi connectivity index (χ1n) is 5.02. The van der Waals surface area contributed by atoms with Gasteiger partial charge in [-0.2, -0.15) is 0 Å². The van der Waals surface area contributed by atoms with E-state index in [1.807, 2.05) is 24.3 Å². The summed E-state index contributed by atoms with van der Waals surface area (Å²) in [6.45, 7) is 0.312. The summed E-state index contributed by atoms with van der Waals surface area (Å²) in [5.74, 6) is 0.937. The van der Waals surface area contributed by atoms with Crippen molar-refractivity contribution in [1.29, 1.82) is 0 Å². The Hall–Kier alpha value is -1.38. The third kappa shape index (κ3) is 3.29. The molecule has 0 radical (unpaired) electrons. The largest absolute Gasteiger partial charge is 0.508 e. The standard InChI is InChI=1S/C13H10Cl2O2/c14-13(15)5-6-17-12-4-2-9-1-3-11(16)7-10(9)8-12/h1-5,7-8,16H,6H2. The summed E-state index contributed by atoms with van der Waals surface area (Å²) in [5.41, 5.74) is 0. The highest BCUT2D eigenvalue weighted by Crippen LogP contribution is 2.24. The molecule has 0 aliphatic carbocycles. The second kappa shape index (κ2) is 5.30. The zero-order valence-corrected chi connectivity index (χ0v) is 10.4. The van der Waals surface area contributed by atoms with Gasteiger partial charge in [-0.15, -0.1) is 0 Å². The highest BCUT2D eigenvalue weighted by molar-refractivity contribution is 6.55. The van der Waals surface area contributed by atoms with Gasteiger partial charge < -0.3 is 9.84 Å². The molecule has 0 unspecified atom stereocenters. The van der Waals surface area contributed by atoms with Crippen molar-refractivity contribution in [3.8, 4) is 11.5 Å². The number of phenols is 1. The summed E-state index contributed by atoms with van der Waals surface area (Å²) in [6, 6.07) is 10.8. The van der Waals surface area contributed by atoms with E-state index >= 15 is 0 Å². The Morgan fingerprint density at radius 3 is 2.65 bits per heavy atom. The molecular weight excluding hydrogens is 259 g/mol. The summed E-state index contributed by atoms with van der Waals surface area (Å²) < 4.78 is 5.62. The zero-order valence-electron chi connectivity index (χ0n) is 8.86. The van der Waals surface area contributed by atoms with Gasteiger partial charge in [0.15, 0.2) is 0 Å². The normalized spacial score (nSPS) is 10.2. The minimum absolute atomic E-state index is 0.184. The highest BCUT2D eigenvalue weighted by atomic mass is 35.5. The van der Waals surface area contributed by atoms with Crippen LogP contribution in [-0.4, -0.2) is 11.7 Å². The molecule has 0 aliphatic rings. The molecule has 2 rings (SSSR count). The van der Waals surface area contributed by atoms with Crippen LogP contribution in [0.2, 0.25) is 0 Å². The molecule has 2 aromatic carbocycles. The predicted molar refractivity (Wildman–Crippen MR) is 70.9 cm³/mol. The molecule has 0 fully saturated rings. The Labute approximate surface area is 109 Å². The summed E-state index contributed by atoms with van der Waals surface area (Å²) in [4.78, 5) is 0. The molecule has 17 heavy (non-hydrogen) atoms. The van der Waals surface area contributed by atoms with Crippen LogP contribution in [0.5, 0.6) is 11.5 Å². The van der Waals surface area contributed by atoms with Crippen molar-refractivity contribution in [2.45, 2.75) is 0 Å². The molecule has 0 aromatic heterocycles. The average molecular weight is 269 g/mol. The Morgan fingerprint density at radius 2 is 1.88 bits per heavy atom. The zero-order chi connectivity index (χ0) is 12.3. The van der Waals surface area contributed by atoms with E-state index in [1.165, 1.54) is 0 Å².